The molecule has 3 nitrogen and oxygen atoms in total. The van der Waals surface area contributed by atoms with Crippen molar-refractivity contribution in [3.8, 4) is 0 Å². The van der Waals surface area contributed by atoms with Crippen LogP contribution in [0.2, 0.25) is 0 Å². The third-order valence-corrected chi connectivity index (χ3v) is 3.27. The Morgan fingerprint density at radius 2 is 2.29 bits per heavy atom. The van der Waals surface area contributed by atoms with Gasteiger partial charge in [0.15, 0.2) is 0 Å². The SMILES string of the molecule is CCNC(=O)CSc1cccc(F)c1C(C)N. The van der Waals surface area contributed by atoms with Crippen molar-refractivity contribution < 1.29 is 9.18 Å². The van der Waals surface area contributed by atoms with Crippen molar-refractivity contribution >= 4 is 17.7 Å². The average molecular weight is 256 g/mol. The molecule has 0 radical (unpaired) electrons. The first kappa shape index (κ1) is 14.0. The van der Waals surface area contributed by atoms with Gasteiger partial charge in [-0.1, -0.05) is 6.07 Å². The van der Waals surface area contributed by atoms with Gasteiger partial charge in [-0.05, 0) is 26.0 Å². The highest BCUT2D eigenvalue weighted by Gasteiger charge is 2.13. The van der Waals surface area contributed by atoms with Gasteiger partial charge in [0.25, 0.3) is 0 Å². The summed E-state index contributed by atoms with van der Waals surface area (Å²) in [6.45, 7) is 4.19. The van der Waals surface area contributed by atoms with Crippen LogP contribution in [-0.4, -0.2) is 18.2 Å². The van der Waals surface area contributed by atoms with Crippen molar-refractivity contribution in [2.24, 2.45) is 5.73 Å². The van der Waals surface area contributed by atoms with E-state index in [1.165, 1.54) is 17.8 Å². The van der Waals surface area contributed by atoms with E-state index in [1.807, 2.05) is 6.92 Å². The van der Waals surface area contributed by atoms with E-state index in [-0.39, 0.29) is 23.5 Å². The second-order valence-corrected chi connectivity index (χ2v) is 4.70. The zero-order chi connectivity index (χ0) is 12.8. The molecule has 0 saturated carbocycles. The van der Waals surface area contributed by atoms with Gasteiger partial charge in [-0.15, -0.1) is 11.8 Å². The monoisotopic (exact) mass is 256 g/mol. The van der Waals surface area contributed by atoms with Gasteiger partial charge in [0, 0.05) is 23.0 Å². The van der Waals surface area contributed by atoms with E-state index in [9.17, 15) is 9.18 Å². The number of rotatable bonds is 5. The topological polar surface area (TPSA) is 55.1 Å². The lowest BCUT2D eigenvalue weighted by Crippen LogP contribution is -2.24. The van der Waals surface area contributed by atoms with E-state index in [2.05, 4.69) is 5.32 Å². The summed E-state index contributed by atoms with van der Waals surface area (Å²) in [6, 6.07) is 4.41. The Morgan fingerprint density at radius 3 is 2.88 bits per heavy atom. The molecule has 1 rings (SSSR count). The summed E-state index contributed by atoms with van der Waals surface area (Å²) in [7, 11) is 0. The Morgan fingerprint density at radius 1 is 1.59 bits per heavy atom. The lowest BCUT2D eigenvalue weighted by molar-refractivity contribution is -0.118. The summed E-state index contributed by atoms with van der Waals surface area (Å²) in [4.78, 5) is 12.1. The summed E-state index contributed by atoms with van der Waals surface area (Å²) in [5.74, 6) is -0.102. The number of carbonyl (C=O) groups excluding carboxylic acids is 1. The molecule has 0 aliphatic heterocycles. The van der Waals surface area contributed by atoms with Gasteiger partial charge in [0.05, 0.1) is 5.75 Å². The predicted octanol–water partition coefficient (Wildman–Crippen LogP) is 2.07. The largest absolute Gasteiger partial charge is 0.356 e. The lowest BCUT2D eigenvalue weighted by atomic mass is 10.1. The highest BCUT2D eigenvalue weighted by Crippen LogP contribution is 2.28. The second-order valence-electron chi connectivity index (χ2n) is 3.68. The maximum Gasteiger partial charge on any atom is 0.230 e. The fourth-order valence-electron chi connectivity index (χ4n) is 1.48. The minimum Gasteiger partial charge on any atom is -0.356 e. The third kappa shape index (κ3) is 4.02. The summed E-state index contributed by atoms with van der Waals surface area (Å²) in [5.41, 5.74) is 6.20. The number of amides is 1. The van der Waals surface area contributed by atoms with Gasteiger partial charge in [-0.25, -0.2) is 4.39 Å². The molecule has 3 N–H and O–H groups in total. The molecule has 17 heavy (non-hydrogen) atoms. The molecule has 1 aromatic carbocycles. The standard InChI is InChI=1S/C12H17FN2OS/c1-3-15-11(16)7-17-10-6-4-5-9(13)12(10)8(2)14/h4-6,8H,3,7,14H2,1-2H3,(H,15,16). The van der Waals surface area contributed by atoms with Crippen LogP contribution in [0.5, 0.6) is 0 Å². The minimum atomic E-state index is -0.382. The van der Waals surface area contributed by atoms with Crippen LogP contribution in [0.15, 0.2) is 23.1 Å². The van der Waals surface area contributed by atoms with Gasteiger partial charge < -0.3 is 11.1 Å². The number of hydrogen-bond acceptors (Lipinski definition) is 3. The van der Waals surface area contributed by atoms with E-state index in [0.29, 0.717) is 12.1 Å². The normalized spacial score (nSPS) is 12.2. The Balaban J connectivity index is 2.77. The van der Waals surface area contributed by atoms with E-state index in [0.717, 1.165) is 4.90 Å². The Bertz CT molecular complexity index is 396. The molecule has 1 amide bonds. The second kappa shape index (κ2) is 6.61. The van der Waals surface area contributed by atoms with Crippen LogP contribution in [0, 0.1) is 5.82 Å². The maximum atomic E-state index is 13.6. The summed E-state index contributed by atoms with van der Waals surface area (Å²) in [5, 5.41) is 2.69. The molecule has 0 spiro atoms. The molecule has 94 valence electrons. The van der Waals surface area contributed by atoms with Crippen molar-refractivity contribution in [1.82, 2.24) is 5.32 Å². The molecular weight excluding hydrogens is 239 g/mol. The van der Waals surface area contributed by atoms with Gasteiger partial charge in [-0.3, -0.25) is 4.79 Å². The Labute approximate surface area is 105 Å². The van der Waals surface area contributed by atoms with Crippen LogP contribution < -0.4 is 11.1 Å². The molecule has 0 saturated heterocycles. The molecule has 0 aromatic heterocycles. The van der Waals surface area contributed by atoms with Crippen LogP contribution in [0.25, 0.3) is 0 Å². The fourth-order valence-corrected chi connectivity index (χ4v) is 2.48. The summed E-state index contributed by atoms with van der Waals surface area (Å²) >= 11 is 1.31. The number of thioether (sulfide) groups is 1. The molecule has 1 aromatic rings. The number of benzene rings is 1. The van der Waals surface area contributed by atoms with Crippen molar-refractivity contribution in [1.29, 1.82) is 0 Å². The Hall–Kier alpha value is -1.07. The van der Waals surface area contributed by atoms with Gasteiger partial charge in [0.1, 0.15) is 5.82 Å². The van der Waals surface area contributed by atoms with Crippen LogP contribution in [0.1, 0.15) is 25.5 Å². The fraction of sp³-hybridized carbons (Fsp3) is 0.417. The quantitative estimate of drug-likeness (QED) is 0.793. The first-order valence-electron chi connectivity index (χ1n) is 5.49. The van der Waals surface area contributed by atoms with Gasteiger partial charge in [-0.2, -0.15) is 0 Å². The van der Waals surface area contributed by atoms with Crippen molar-refractivity contribution in [2.75, 3.05) is 12.3 Å². The number of nitrogens with two attached hydrogens (primary N) is 1. The Kier molecular flexibility index (Phi) is 5.44. The van der Waals surface area contributed by atoms with Crippen LogP contribution in [0.3, 0.4) is 0 Å². The first-order valence-corrected chi connectivity index (χ1v) is 6.48. The van der Waals surface area contributed by atoms with E-state index in [4.69, 9.17) is 5.73 Å². The maximum absolute atomic E-state index is 13.6. The van der Waals surface area contributed by atoms with E-state index in [1.54, 1.807) is 19.1 Å². The number of hydrogen-bond donors (Lipinski definition) is 2. The van der Waals surface area contributed by atoms with Gasteiger partial charge in [0.2, 0.25) is 5.91 Å². The molecule has 0 fully saturated rings. The van der Waals surface area contributed by atoms with Crippen LogP contribution in [0.4, 0.5) is 4.39 Å². The zero-order valence-electron chi connectivity index (χ0n) is 10.00. The third-order valence-electron chi connectivity index (χ3n) is 2.20. The van der Waals surface area contributed by atoms with Crippen LogP contribution >= 0.6 is 11.8 Å². The molecular formula is C12H17FN2OS. The number of nitrogens with one attached hydrogen (secondary N) is 1. The average Bonchev–Trinajstić information content (AvgIpc) is 2.26. The molecule has 0 aliphatic rings. The van der Waals surface area contributed by atoms with Crippen LogP contribution in [-0.2, 0) is 4.79 Å². The highest BCUT2D eigenvalue weighted by molar-refractivity contribution is 8.00. The molecule has 1 atom stereocenters. The molecule has 5 heteroatoms. The first-order chi connectivity index (χ1) is 8.06. The summed E-state index contributed by atoms with van der Waals surface area (Å²) < 4.78 is 13.6. The molecule has 1 unspecified atom stereocenters. The number of carbonyl (C=O) groups is 1. The van der Waals surface area contributed by atoms with E-state index >= 15 is 0 Å². The zero-order valence-corrected chi connectivity index (χ0v) is 10.8. The summed E-state index contributed by atoms with van der Waals surface area (Å²) in [6.07, 6.45) is 0. The van der Waals surface area contributed by atoms with Crippen molar-refractivity contribution in [3.63, 3.8) is 0 Å². The van der Waals surface area contributed by atoms with Crippen molar-refractivity contribution in [2.45, 2.75) is 24.8 Å². The number of halogens is 1. The van der Waals surface area contributed by atoms with Crippen molar-refractivity contribution in [3.05, 3.63) is 29.6 Å². The molecule has 0 heterocycles. The van der Waals surface area contributed by atoms with Gasteiger partial charge >= 0.3 is 0 Å². The molecule has 0 aliphatic carbocycles. The highest BCUT2D eigenvalue weighted by atomic mass is 32.2. The molecule has 0 bridgehead atoms. The predicted molar refractivity (Wildman–Crippen MR) is 68.4 cm³/mol. The minimum absolute atomic E-state index is 0.0580. The smallest absolute Gasteiger partial charge is 0.230 e. The van der Waals surface area contributed by atoms with E-state index < -0.39 is 0 Å². The lowest BCUT2D eigenvalue weighted by Gasteiger charge is -2.13.